The summed E-state index contributed by atoms with van der Waals surface area (Å²) in [6.45, 7) is 1.95. The Kier molecular flexibility index (Phi) is 4.31. The molecule has 1 atom stereocenters. The van der Waals surface area contributed by atoms with Gasteiger partial charge in [-0.15, -0.1) is 0 Å². The largest absolute Gasteiger partial charge is 0.497 e. The minimum absolute atomic E-state index is 0.637. The number of anilines is 1. The van der Waals surface area contributed by atoms with Crippen molar-refractivity contribution in [2.24, 2.45) is 0 Å². The van der Waals surface area contributed by atoms with E-state index in [1.165, 1.54) is 0 Å². The van der Waals surface area contributed by atoms with E-state index in [1.54, 1.807) is 7.11 Å². The summed E-state index contributed by atoms with van der Waals surface area (Å²) < 4.78 is 7.12. The Labute approximate surface area is 162 Å². The number of aromatic nitrogens is 2. The monoisotopic (exact) mass is 400 g/mol. The van der Waals surface area contributed by atoms with Gasteiger partial charge in [0, 0.05) is 5.30 Å². The first kappa shape index (κ1) is 17.2. The van der Waals surface area contributed by atoms with Crippen LogP contribution in [-0.4, -0.2) is 21.9 Å². The molecule has 0 saturated carbocycles. The second kappa shape index (κ2) is 6.50. The number of nitrogens with one attached hydrogen (secondary N) is 2. The van der Waals surface area contributed by atoms with Crippen molar-refractivity contribution in [2.75, 3.05) is 12.2 Å². The van der Waals surface area contributed by atoms with Gasteiger partial charge in [-0.05, 0) is 55.1 Å². The summed E-state index contributed by atoms with van der Waals surface area (Å²) in [6.07, 6.45) is -2.34. The summed E-state index contributed by atoms with van der Waals surface area (Å²) in [4.78, 5) is 0.637. The van der Waals surface area contributed by atoms with Crippen LogP contribution in [0.4, 0.5) is 5.82 Å². The van der Waals surface area contributed by atoms with E-state index in [0.717, 1.165) is 33.8 Å². The highest BCUT2D eigenvalue weighted by Gasteiger charge is 2.33. The molecule has 2 aromatic carbocycles. The van der Waals surface area contributed by atoms with Crippen molar-refractivity contribution in [1.29, 1.82) is 0 Å². The van der Waals surface area contributed by atoms with Gasteiger partial charge in [-0.3, -0.25) is 0 Å². The van der Waals surface area contributed by atoms with E-state index < -0.39 is 6.34 Å². The standard InChI is InChI=1S/C18H17N4OPS2/c1-12-16-17(22(19-12)13-6-4-3-5-7-13)20-24(26,21-18(16)25)15-10-8-14(23-2)9-11-15/h3-11H,1-2H3,(H2,20,21,25,26). The lowest BCUT2D eigenvalue weighted by Gasteiger charge is -2.32. The Bertz CT molecular complexity index is 1030. The average molecular weight is 400 g/mol. The number of hydrogen-bond acceptors (Lipinski definition) is 4. The average Bonchev–Trinajstić information content (AvgIpc) is 2.99. The van der Waals surface area contributed by atoms with E-state index in [2.05, 4.69) is 15.3 Å². The highest BCUT2D eigenvalue weighted by molar-refractivity contribution is 8.18. The molecular formula is C18H17N4OPS2. The van der Waals surface area contributed by atoms with Gasteiger partial charge in [0.15, 0.2) is 0 Å². The lowest BCUT2D eigenvalue weighted by molar-refractivity contribution is 0.415. The van der Waals surface area contributed by atoms with Crippen molar-refractivity contribution < 1.29 is 4.74 Å². The Morgan fingerprint density at radius 3 is 2.38 bits per heavy atom. The second-order valence-electron chi connectivity index (χ2n) is 5.92. The van der Waals surface area contributed by atoms with Gasteiger partial charge in [0.05, 0.1) is 24.1 Å². The number of hydrogen-bond donors (Lipinski definition) is 2. The highest BCUT2D eigenvalue weighted by atomic mass is 32.4. The molecule has 0 amide bonds. The molecule has 4 rings (SSSR count). The van der Waals surface area contributed by atoms with E-state index >= 15 is 0 Å². The normalized spacial score (nSPS) is 18.6. The van der Waals surface area contributed by atoms with Crippen molar-refractivity contribution in [3.8, 4) is 11.4 Å². The molecule has 1 unspecified atom stereocenters. The quantitative estimate of drug-likeness (QED) is 0.518. The molecule has 1 aliphatic rings. The van der Waals surface area contributed by atoms with Crippen LogP contribution >= 0.6 is 18.6 Å². The van der Waals surface area contributed by atoms with E-state index in [0.29, 0.717) is 4.99 Å². The summed E-state index contributed by atoms with van der Waals surface area (Å²) in [5.41, 5.74) is 2.73. The van der Waals surface area contributed by atoms with E-state index in [9.17, 15) is 0 Å². The lowest BCUT2D eigenvalue weighted by atomic mass is 10.2. The molecule has 5 nitrogen and oxygen atoms in total. The number of ether oxygens (including phenoxy) is 1. The fraction of sp³-hybridized carbons (Fsp3) is 0.111. The fourth-order valence-corrected chi connectivity index (χ4v) is 6.47. The Hall–Kier alpha value is -2.21. The van der Waals surface area contributed by atoms with E-state index in [4.69, 9.17) is 28.8 Å². The third kappa shape index (κ3) is 2.82. The van der Waals surface area contributed by atoms with Crippen LogP contribution in [0, 0.1) is 6.92 Å². The predicted octanol–water partition coefficient (Wildman–Crippen LogP) is 3.51. The van der Waals surface area contributed by atoms with Crippen LogP contribution < -0.4 is 20.2 Å². The first-order chi connectivity index (χ1) is 12.5. The molecule has 0 aliphatic carbocycles. The molecule has 0 radical (unpaired) electrons. The van der Waals surface area contributed by atoms with Crippen molar-refractivity contribution in [3.05, 3.63) is 65.9 Å². The first-order valence-electron chi connectivity index (χ1n) is 8.02. The molecular weight excluding hydrogens is 383 g/mol. The molecule has 3 aromatic rings. The van der Waals surface area contributed by atoms with Crippen LogP contribution in [0.2, 0.25) is 0 Å². The molecule has 0 saturated heterocycles. The Morgan fingerprint density at radius 1 is 1.04 bits per heavy atom. The number of rotatable bonds is 3. The number of methoxy groups -OCH3 is 1. The topological polar surface area (TPSA) is 51.1 Å². The number of thiocarbonyl (C=S) groups is 1. The van der Waals surface area contributed by atoms with Gasteiger partial charge in [0.25, 0.3) is 0 Å². The molecule has 26 heavy (non-hydrogen) atoms. The molecule has 0 fully saturated rings. The van der Waals surface area contributed by atoms with E-state index in [-0.39, 0.29) is 0 Å². The van der Waals surface area contributed by atoms with Crippen LogP contribution in [-0.2, 0) is 11.8 Å². The molecule has 132 valence electrons. The number of aryl methyl sites for hydroxylation is 1. The second-order valence-corrected chi connectivity index (χ2v) is 10.1. The number of para-hydroxylation sites is 1. The molecule has 2 heterocycles. The Balaban J connectivity index is 1.82. The maximum absolute atomic E-state index is 5.99. The van der Waals surface area contributed by atoms with Gasteiger partial charge in [0.2, 0.25) is 0 Å². The number of fused-ring (bicyclic) bond motifs is 1. The van der Waals surface area contributed by atoms with Gasteiger partial charge >= 0.3 is 0 Å². The molecule has 0 spiro atoms. The SMILES string of the molecule is COc1ccc(P2(=S)NC(=S)c3c(C)nn(-c4ccccc4)c3N2)cc1. The van der Waals surface area contributed by atoms with Gasteiger partial charge in [0.1, 0.15) is 22.9 Å². The van der Waals surface area contributed by atoms with Crippen molar-refractivity contribution in [3.63, 3.8) is 0 Å². The zero-order chi connectivity index (χ0) is 18.3. The molecule has 8 heteroatoms. The predicted molar refractivity (Wildman–Crippen MR) is 114 cm³/mol. The van der Waals surface area contributed by atoms with Crippen LogP contribution in [0.3, 0.4) is 0 Å². The summed E-state index contributed by atoms with van der Waals surface area (Å²) in [5, 5.41) is 12.6. The zero-order valence-corrected chi connectivity index (χ0v) is 16.8. The fourth-order valence-electron chi connectivity index (χ4n) is 2.96. The third-order valence-corrected chi connectivity index (χ3v) is 7.97. The number of nitrogens with zero attached hydrogens (tertiary/aromatic N) is 2. The first-order valence-corrected chi connectivity index (χ1v) is 11.2. The summed E-state index contributed by atoms with van der Waals surface area (Å²) in [5.74, 6) is 1.64. The smallest absolute Gasteiger partial charge is 0.150 e. The minimum atomic E-state index is -2.34. The maximum atomic E-state index is 5.99. The molecule has 1 aliphatic heterocycles. The Morgan fingerprint density at radius 2 is 1.73 bits per heavy atom. The van der Waals surface area contributed by atoms with Gasteiger partial charge in [-0.1, -0.05) is 30.4 Å². The van der Waals surface area contributed by atoms with Gasteiger partial charge in [-0.25, -0.2) is 4.68 Å². The van der Waals surface area contributed by atoms with Crippen LogP contribution in [0.15, 0.2) is 54.6 Å². The number of benzene rings is 2. The zero-order valence-electron chi connectivity index (χ0n) is 14.3. The van der Waals surface area contributed by atoms with Crippen molar-refractivity contribution >= 4 is 46.5 Å². The van der Waals surface area contributed by atoms with Crippen LogP contribution in [0.25, 0.3) is 5.69 Å². The molecule has 2 N–H and O–H groups in total. The highest BCUT2D eigenvalue weighted by Crippen LogP contribution is 2.47. The summed E-state index contributed by atoms with van der Waals surface area (Å²) in [6, 6.07) is 17.7. The van der Waals surface area contributed by atoms with Crippen molar-refractivity contribution in [2.45, 2.75) is 6.92 Å². The molecule has 1 aromatic heterocycles. The summed E-state index contributed by atoms with van der Waals surface area (Å²) in [7, 11) is 1.65. The van der Waals surface area contributed by atoms with E-state index in [1.807, 2.05) is 66.2 Å². The summed E-state index contributed by atoms with van der Waals surface area (Å²) >= 11 is 11.6. The van der Waals surface area contributed by atoms with Gasteiger partial charge < -0.3 is 14.9 Å². The van der Waals surface area contributed by atoms with Gasteiger partial charge in [-0.2, -0.15) is 5.10 Å². The maximum Gasteiger partial charge on any atom is 0.150 e. The van der Waals surface area contributed by atoms with Crippen molar-refractivity contribution in [1.82, 2.24) is 14.9 Å². The minimum Gasteiger partial charge on any atom is -0.497 e. The molecule has 0 bridgehead atoms. The lowest BCUT2D eigenvalue weighted by Crippen LogP contribution is -2.34. The van der Waals surface area contributed by atoms with Crippen LogP contribution in [0.1, 0.15) is 11.3 Å². The third-order valence-electron chi connectivity index (χ3n) is 4.25. The van der Waals surface area contributed by atoms with Crippen LogP contribution in [0.5, 0.6) is 5.75 Å².